The maximum atomic E-state index is 10.0. The largest absolute Gasteiger partial charge is 0.300 e. The van der Waals surface area contributed by atoms with Crippen LogP contribution in [0.3, 0.4) is 0 Å². The first-order valence-corrected chi connectivity index (χ1v) is 10.7. The fraction of sp³-hybridized carbons (Fsp3) is 0.423. The predicted octanol–water partition coefficient (Wildman–Crippen LogP) is 5.31. The molecule has 1 spiro atoms. The Morgan fingerprint density at radius 2 is 1.82 bits per heavy atom. The smallest absolute Gasteiger partial charge is 0.0837 e. The number of fused-ring (bicyclic) bond motifs is 2. The third kappa shape index (κ3) is 2.57. The molecule has 2 nitrogen and oxygen atoms in total. The molecule has 28 heavy (non-hydrogen) atoms. The molecule has 0 amide bonds. The normalized spacial score (nSPS) is 34.4. The minimum Gasteiger partial charge on any atom is -0.300 e. The zero-order chi connectivity index (χ0) is 19.2. The summed E-state index contributed by atoms with van der Waals surface area (Å²) >= 11 is 0. The Balaban J connectivity index is 1.34. The van der Waals surface area contributed by atoms with Crippen LogP contribution in [-0.2, 0) is 10.8 Å². The van der Waals surface area contributed by atoms with Gasteiger partial charge in [-0.3, -0.25) is 4.90 Å². The van der Waals surface area contributed by atoms with Gasteiger partial charge in [0.1, 0.15) is 0 Å². The third-order valence-electron chi connectivity index (χ3n) is 7.77. The van der Waals surface area contributed by atoms with Gasteiger partial charge in [0.25, 0.3) is 0 Å². The Bertz CT molecular complexity index is 940. The lowest BCUT2D eigenvalue weighted by Crippen LogP contribution is -2.50. The quantitative estimate of drug-likeness (QED) is 0.718. The molecule has 1 heterocycles. The molecule has 2 aromatic carbocycles. The highest BCUT2D eigenvalue weighted by Gasteiger charge is 2.48. The van der Waals surface area contributed by atoms with Crippen molar-refractivity contribution in [3.05, 3.63) is 77.4 Å². The summed E-state index contributed by atoms with van der Waals surface area (Å²) in [6.45, 7) is 4.67. The Hall–Kier alpha value is -2.37. The van der Waals surface area contributed by atoms with Gasteiger partial charge in [0.2, 0.25) is 0 Å². The third-order valence-corrected chi connectivity index (χ3v) is 7.77. The number of benzene rings is 2. The zero-order valence-corrected chi connectivity index (χ0v) is 16.6. The summed E-state index contributed by atoms with van der Waals surface area (Å²) in [5, 5.41) is 10.0. The molecular weight excluding hydrogens is 340 g/mol. The average molecular weight is 369 g/mol. The van der Waals surface area contributed by atoms with Crippen molar-refractivity contribution in [3.8, 4) is 6.07 Å². The summed E-state index contributed by atoms with van der Waals surface area (Å²) in [5.74, 6) is 0.593. The van der Waals surface area contributed by atoms with Gasteiger partial charge in [-0.15, -0.1) is 0 Å². The minimum absolute atomic E-state index is 0.206. The molecule has 2 aromatic rings. The van der Waals surface area contributed by atoms with Crippen LogP contribution in [0.25, 0.3) is 6.08 Å². The second kappa shape index (κ2) is 6.61. The van der Waals surface area contributed by atoms with E-state index < -0.39 is 0 Å². The van der Waals surface area contributed by atoms with Crippen molar-refractivity contribution in [2.75, 3.05) is 13.1 Å². The Labute approximate surface area is 168 Å². The number of hydrogen-bond acceptors (Lipinski definition) is 2. The molecule has 2 fully saturated rings. The second-order valence-corrected chi connectivity index (χ2v) is 9.06. The Morgan fingerprint density at radius 3 is 2.61 bits per heavy atom. The number of piperidine rings is 1. The van der Waals surface area contributed by atoms with Gasteiger partial charge in [-0.25, -0.2) is 0 Å². The fourth-order valence-electron chi connectivity index (χ4n) is 6.07. The Morgan fingerprint density at radius 1 is 1.04 bits per heavy atom. The molecule has 0 bridgehead atoms. The Kier molecular flexibility index (Phi) is 4.18. The lowest BCUT2D eigenvalue weighted by molar-refractivity contribution is 0.0887. The van der Waals surface area contributed by atoms with Crippen molar-refractivity contribution < 1.29 is 0 Å². The molecule has 2 unspecified atom stereocenters. The van der Waals surface area contributed by atoms with Crippen molar-refractivity contribution >= 4 is 6.08 Å². The molecule has 0 N–H and O–H groups in total. The van der Waals surface area contributed by atoms with Crippen LogP contribution in [0.1, 0.15) is 49.3 Å². The van der Waals surface area contributed by atoms with E-state index in [0.29, 0.717) is 12.0 Å². The van der Waals surface area contributed by atoms with E-state index in [2.05, 4.69) is 78.6 Å². The highest BCUT2D eigenvalue weighted by Crippen LogP contribution is 2.49. The zero-order valence-electron chi connectivity index (χ0n) is 16.6. The number of allylic oxidation sites excluding steroid dienone is 1. The van der Waals surface area contributed by atoms with Crippen molar-refractivity contribution in [2.24, 2.45) is 5.92 Å². The first kappa shape index (κ1) is 17.7. The summed E-state index contributed by atoms with van der Waals surface area (Å²) in [7, 11) is 0. The van der Waals surface area contributed by atoms with Crippen LogP contribution in [0.15, 0.2) is 60.7 Å². The first-order chi connectivity index (χ1) is 13.7. The van der Waals surface area contributed by atoms with Crippen molar-refractivity contribution in [1.82, 2.24) is 4.90 Å². The molecule has 1 aliphatic heterocycles. The second-order valence-electron chi connectivity index (χ2n) is 9.06. The number of likely N-dealkylation sites (tertiary alicyclic amines) is 1. The van der Waals surface area contributed by atoms with E-state index in [1.807, 2.05) is 6.07 Å². The maximum Gasteiger partial charge on any atom is 0.0837 e. The molecule has 4 atom stereocenters. The van der Waals surface area contributed by atoms with Crippen molar-refractivity contribution in [3.63, 3.8) is 0 Å². The molecule has 5 rings (SSSR count). The monoisotopic (exact) mass is 368 g/mol. The lowest BCUT2D eigenvalue weighted by atomic mass is 9.67. The van der Waals surface area contributed by atoms with Crippen LogP contribution < -0.4 is 0 Å². The van der Waals surface area contributed by atoms with Gasteiger partial charge in [0, 0.05) is 18.0 Å². The van der Waals surface area contributed by atoms with Crippen molar-refractivity contribution in [1.29, 1.82) is 5.26 Å². The predicted molar refractivity (Wildman–Crippen MR) is 114 cm³/mol. The van der Waals surface area contributed by atoms with Gasteiger partial charge in [-0.1, -0.05) is 73.7 Å². The number of rotatable bonds is 2. The first-order valence-electron chi connectivity index (χ1n) is 10.7. The van der Waals surface area contributed by atoms with Crippen LogP contribution in [0.4, 0.5) is 0 Å². The summed E-state index contributed by atoms with van der Waals surface area (Å²) in [5.41, 5.74) is 4.02. The maximum absolute atomic E-state index is 10.0. The molecular formula is C26H28N2. The van der Waals surface area contributed by atoms with Crippen molar-refractivity contribution in [2.45, 2.75) is 49.5 Å². The van der Waals surface area contributed by atoms with Gasteiger partial charge in [-0.2, -0.15) is 5.26 Å². The summed E-state index contributed by atoms with van der Waals surface area (Å²) in [4.78, 5) is 2.69. The molecule has 0 aromatic heterocycles. The van der Waals surface area contributed by atoms with Gasteiger partial charge in [0.05, 0.1) is 11.5 Å². The van der Waals surface area contributed by atoms with E-state index in [0.717, 1.165) is 32.4 Å². The standard InChI is InChI=1S/C26H28N2/c1-20-18-28(16-15-26(20)14-11-21-7-5-6-10-24(21)26)23-12-13-25(17-23,19-27)22-8-3-2-4-9-22/h2-11,14,20,23H,12-13,15-18H2,1H3/t20-,23?,25?,26-/m0/s1. The molecule has 2 heteroatoms. The van der Waals surface area contributed by atoms with Gasteiger partial charge in [0.15, 0.2) is 0 Å². The van der Waals surface area contributed by atoms with Gasteiger partial charge < -0.3 is 0 Å². The lowest BCUT2D eigenvalue weighted by Gasteiger charge is -2.46. The summed E-state index contributed by atoms with van der Waals surface area (Å²) in [6, 6.07) is 22.6. The topological polar surface area (TPSA) is 27.0 Å². The minimum atomic E-state index is -0.301. The fourth-order valence-corrected chi connectivity index (χ4v) is 6.07. The molecule has 3 aliphatic rings. The molecule has 1 saturated heterocycles. The van der Waals surface area contributed by atoms with Crippen LogP contribution in [0.5, 0.6) is 0 Å². The summed E-state index contributed by atoms with van der Waals surface area (Å²) < 4.78 is 0. The van der Waals surface area contributed by atoms with Crippen LogP contribution >= 0.6 is 0 Å². The van der Waals surface area contributed by atoms with E-state index in [-0.39, 0.29) is 10.8 Å². The molecule has 1 saturated carbocycles. The molecule has 2 aliphatic carbocycles. The number of nitriles is 1. The van der Waals surface area contributed by atoms with Gasteiger partial charge >= 0.3 is 0 Å². The van der Waals surface area contributed by atoms with E-state index >= 15 is 0 Å². The molecule has 142 valence electrons. The van der Waals surface area contributed by atoms with E-state index in [1.165, 1.54) is 23.1 Å². The highest BCUT2D eigenvalue weighted by atomic mass is 15.2. The van der Waals surface area contributed by atoms with Gasteiger partial charge in [-0.05, 0) is 54.8 Å². The number of hydrogen-bond donors (Lipinski definition) is 0. The van der Waals surface area contributed by atoms with E-state index in [4.69, 9.17) is 0 Å². The molecule has 0 radical (unpaired) electrons. The SMILES string of the molecule is C[C@H]1CN(C2CCC(C#N)(c3ccccc3)C2)CC[C@@]12C=Cc1ccccc12. The van der Waals surface area contributed by atoms with Crippen LogP contribution in [0.2, 0.25) is 0 Å². The van der Waals surface area contributed by atoms with Crippen LogP contribution in [-0.4, -0.2) is 24.0 Å². The van der Waals surface area contributed by atoms with E-state index in [1.54, 1.807) is 0 Å². The number of nitrogens with zero attached hydrogens (tertiary/aromatic N) is 2. The summed E-state index contributed by atoms with van der Waals surface area (Å²) in [6.07, 6.45) is 9.07. The highest BCUT2D eigenvalue weighted by molar-refractivity contribution is 5.65. The van der Waals surface area contributed by atoms with E-state index in [9.17, 15) is 5.26 Å². The van der Waals surface area contributed by atoms with Crippen LogP contribution in [0, 0.1) is 17.2 Å². The average Bonchev–Trinajstić information content (AvgIpc) is 3.35.